The van der Waals surface area contributed by atoms with Crippen LogP contribution in [0.25, 0.3) is 0 Å². The lowest BCUT2D eigenvalue weighted by molar-refractivity contribution is -0.0655. The molecule has 4 fully saturated rings. The number of fused-ring (bicyclic) bond motifs is 5. The Hall–Kier alpha value is -0.400. The Morgan fingerprint density at radius 2 is 1.78 bits per heavy atom. The maximum Gasteiger partial charge on any atom is 0.241 e. The van der Waals surface area contributed by atoms with Crippen LogP contribution in [0.15, 0.2) is 11.6 Å². The fourth-order valence-electron chi connectivity index (χ4n) is 7.44. The SMILES string of the molecule is C/C=C1/CCC2C3CCC4CC(C(F)F)CCC4C3CCC12C. The van der Waals surface area contributed by atoms with E-state index in [0.717, 1.165) is 42.9 Å². The molecular weight excluding hydrogens is 290 g/mol. The Kier molecular flexibility index (Phi) is 4.09. The Morgan fingerprint density at radius 1 is 1.00 bits per heavy atom. The molecule has 2 heteroatoms. The van der Waals surface area contributed by atoms with Crippen molar-refractivity contribution in [2.45, 2.75) is 78.1 Å². The Bertz CT molecular complexity index is 482. The zero-order valence-corrected chi connectivity index (χ0v) is 14.7. The lowest BCUT2D eigenvalue weighted by atomic mass is 9.50. The molecular formula is C21H32F2. The Balaban J connectivity index is 1.52. The summed E-state index contributed by atoms with van der Waals surface area (Å²) in [6, 6.07) is 0. The van der Waals surface area contributed by atoms with Gasteiger partial charge in [0.1, 0.15) is 0 Å². The van der Waals surface area contributed by atoms with Crippen molar-refractivity contribution in [2.24, 2.45) is 40.9 Å². The molecule has 130 valence electrons. The van der Waals surface area contributed by atoms with Crippen molar-refractivity contribution < 1.29 is 8.78 Å². The topological polar surface area (TPSA) is 0 Å². The Morgan fingerprint density at radius 3 is 2.52 bits per heavy atom. The van der Waals surface area contributed by atoms with Gasteiger partial charge in [0.05, 0.1) is 0 Å². The van der Waals surface area contributed by atoms with Gasteiger partial charge in [-0.2, -0.15) is 0 Å². The third-order valence-electron chi connectivity index (χ3n) is 8.55. The molecule has 0 nitrogen and oxygen atoms in total. The van der Waals surface area contributed by atoms with Gasteiger partial charge in [0.2, 0.25) is 6.43 Å². The molecule has 0 aromatic carbocycles. The van der Waals surface area contributed by atoms with Crippen molar-refractivity contribution in [3.63, 3.8) is 0 Å². The molecule has 7 atom stereocenters. The van der Waals surface area contributed by atoms with E-state index in [2.05, 4.69) is 19.9 Å². The van der Waals surface area contributed by atoms with Crippen molar-refractivity contribution in [1.82, 2.24) is 0 Å². The number of hydrogen-bond donors (Lipinski definition) is 0. The van der Waals surface area contributed by atoms with Crippen LogP contribution in [0.1, 0.15) is 71.6 Å². The van der Waals surface area contributed by atoms with Crippen molar-refractivity contribution >= 4 is 0 Å². The molecule has 0 aromatic heterocycles. The average molecular weight is 322 g/mol. The van der Waals surface area contributed by atoms with Crippen LogP contribution in [-0.4, -0.2) is 6.43 Å². The summed E-state index contributed by atoms with van der Waals surface area (Å²) in [5.74, 6) is 3.68. The molecule has 4 aliphatic rings. The highest BCUT2D eigenvalue weighted by molar-refractivity contribution is 5.23. The van der Waals surface area contributed by atoms with Gasteiger partial charge in [-0.1, -0.05) is 18.6 Å². The lowest BCUT2D eigenvalue weighted by Gasteiger charge is -2.55. The van der Waals surface area contributed by atoms with Crippen molar-refractivity contribution in [3.8, 4) is 0 Å². The Labute approximate surface area is 140 Å². The molecule has 0 spiro atoms. The third kappa shape index (κ3) is 2.42. The minimum atomic E-state index is -2.09. The van der Waals surface area contributed by atoms with E-state index < -0.39 is 6.43 Å². The van der Waals surface area contributed by atoms with Gasteiger partial charge < -0.3 is 0 Å². The number of allylic oxidation sites excluding steroid dienone is 2. The van der Waals surface area contributed by atoms with E-state index >= 15 is 0 Å². The van der Waals surface area contributed by atoms with E-state index in [-0.39, 0.29) is 5.92 Å². The summed E-state index contributed by atoms with van der Waals surface area (Å²) in [5, 5.41) is 0. The van der Waals surface area contributed by atoms with Gasteiger partial charge in [-0.05, 0) is 99.7 Å². The molecule has 4 aliphatic carbocycles. The quantitative estimate of drug-likeness (QED) is 0.485. The third-order valence-corrected chi connectivity index (χ3v) is 8.55. The maximum atomic E-state index is 13.1. The number of rotatable bonds is 1. The number of hydrogen-bond acceptors (Lipinski definition) is 0. The first-order valence-electron chi connectivity index (χ1n) is 9.98. The van der Waals surface area contributed by atoms with Crippen LogP contribution in [0.2, 0.25) is 0 Å². The highest BCUT2D eigenvalue weighted by Crippen LogP contribution is 2.64. The van der Waals surface area contributed by atoms with E-state index in [1.807, 2.05) is 0 Å². The standard InChI is InChI=1S/C21H32F2/c1-3-15-6-9-19-18-8-4-13-12-14(20(22)23)5-7-16(13)17(18)10-11-21(15,19)2/h3,13-14,16-20H,4-12H2,1-2H3/b15-3-. The van der Waals surface area contributed by atoms with Gasteiger partial charge in [0.15, 0.2) is 0 Å². The second-order valence-corrected chi connectivity index (χ2v) is 9.15. The second-order valence-electron chi connectivity index (χ2n) is 9.15. The summed E-state index contributed by atoms with van der Waals surface area (Å²) in [6.07, 6.45) is 10.9. The van der Waals surface area contributed by atoms with Crippen LogP contribution in [0.4, 0.5) is 8.78 Å². The molecule has 0 saturated heterocycles. The molecule has 4 rings (SSSR count). The molecule has 0 aliphatic heterocycles. The van der Waals surface area contributed by atoms with E-state index in [4.69, 9.17) is 0 Å². The fraction of sp³-hybridized carbons (Fsp3) is 0.905. The molecule has 4 saturated carbocycles. The molecule has 0 aromatic rings. The van der Waals surface area contributed by atoms with Gasteiger partial charge in [0.25, 0.3) is 0 Å². The summed E-state index contributed by atoms with van der Waals surface area (Å²) in [7, 11) is 0. The largest absolute Gasteiger partial charge is 0.241 e. The van der Waals surface area contributed by atoms with Gasteiger partial charge >= 0.3 is 0 Å². The molecule has 0 bridgehead atoms. The first kappa shape index (κ1) is 16.1. The molecule has 0 radical (unpaired) electrons. The molecule has 0 amide bonds. The van der Waals surface area contributed by atoms with Gasteiger partial charge in [-0.25, -0.2) is 8.78 Å². The number of alkyl halides is 2. The minimum absolute atomic E-state index is 0.303. The predicted octanol–water partition coefficient (Wildman–Crippen LogP) is 6.47. The average Bonchev–Trinajstić information content (AvgIpc) is 2.90. The van der Waals surface area contributed by atoms with Crippen LogP contribution >= 0.6 is 0 Å². The number of halogens is 2. The summed E-state index contributed by atoms with van der Waals surface area (Å²) in [6.45, 7) is 4.74. The van der Waals surface area contributed by atoms with E-state index in [9.17, 15) is 8.78 Å². The van der Waals surface area contributed by atoms with Gasteiger partial charge in [0, 0.05) is 5.92 Å². The summed E-state index contributed by atoms with van der Waals surface area (Å²) >= 11 is 0. The molecule has 0 heterocycles. The minimum Gasteiger partial charge on any atom is -0.210 e. The zero-order chi connectivity index (χ0) is 16.2. The van der Waals surface area contributed by atoms with Crippen molar-refractivity contribution in [1.29, 1.82) is 0 Å². The van der Waals surface area contributed by atoms with Crippen LogP contribution in [-0.2, 0) is 0 Å². The fourth-order valence-corrected chi connectivity index (χ4v) is 7.44. The lowest BCUT2D eigenvalue weighted by Crippen LogP contribution is -2.47. The van der Waals surface area contributed by atoms with E-state index in [0.29, 0.717) is 11.3 Å². The normalized spacial score (nSPS) is 51.4. The van der Waals surface area contributed by atoms with E-state index in [1.165, 1.54) is 38.5 Å². The van der Waals surface area contributed by atoms with Crippen molar-refractivity contribution in [2.75, 3.05) is 0 Å². The van der Waals surface area contributed by atoms with Crippen molar-refractivity contribution in [3.05, 3.63) is 11.6 Å². The highest BCUT2D eigenvalue weighted by atomic mass is 19.3. The molecule has 23 heavy (non-hydrogen) atoms. The van der Waals surface area contributed by atoms with Crippen LogP contribution in [0.5, 0.6) is 0 Å². The molecule has 7 unspecified atom stereocenters. The van der Waals surface area contributed by atoms with Crippen LogP contribution in [0.3, 0.4) is 0 Å². The smallest absolute Gasteiger partial charge is 0.210 e. The highest BCUT2D eigenvalue weighted by Gasteiger charge is 2.55. The zero-order valence-electron chi connectivity index (χ0n) is 14.7. The monoisotopic (exact) mass is 322 g/mol. The second kappa shape index (κ2) is 5.85. The van der Waals surface area contributed by atoms with Crippen LogP contribution < -0.4 is 0 Å². The predicted molar refractivity (Wildman–Crippen MR) is 90.4 cm³/mol. The van der Waals surface area contributed by atoms with Gasteiger partial charge in [-0.3, -0.25) is 0 Å². The summed E-state index contributed by atoms with van der Waals surface area (Å²) < 4.78 is 26.2. The van der Waals surface area contributed by atoms with E-state index in [1.54, 1.807) is 5.57 Å². The first-order chi connectivity index (χ1) is 11.0. The van der Waals surface area contributed by atoms with Gasteiger partial charge in [-0.15, -0.1) is 0 Å². The first-order valence-corrected chi connectivity index (χ1v) is 9.98. The van der Waals surface area contributed by atoms with Crippen LogP contribution in [0, 0.1) is 40.9 Å². The summed E-state index contributed by atoms with van der Waals surface area (Å²) in [5.41, 5.74) is 2.17. The summed E-state index contributed by atoms with van der Waals surface area (Å²) in [4.78, 5) is 0. The maximum absolute atomic E-state index is 13.1. The molecule has 0 N–H and O–H groups in total.